The molecule has 0 saturated carbocycles. The zero-order valence-corrected chi connectivity index (χ0v) is 20.1. The molecule has 2 amide bonds. The Labute approximate surface area is 202 Å². The highest BCUT2D eigenvalue weighted by Gasteiger charge is 2.77. The van der Waals surface area contributed by atoms with Gasteiger partial charge in [-0.25, -0.2) is 0 Å². The van der Waals surface area contributed by atoms with Gasteiger partial charge in [-0.2, -0.15) is 0 Å². The van der Waals surface area contributed by atoms with E-state index in [1.807, 2.05) is 6.92 Å². The zero-order chi connectivity index (χ0) is 24.0. The molecule has 178 valence electrons. The van der Waals surface area contributed by atoms with E-state index in [1.165, 1.54) is 11.8 Å². The monoisotopic (exact) mass is 492 g/mol. The molecule has 1 aromatic carbocycles. The second-order valence-corrected chi connectivity index (χ2v) is 11.6. The van der Waals surface area contributed by atoms with Crippen molar-refractivity contribution in [2.45, 2.75) is 48.1 Å². The second-order valence-electron chi connectivity index (χ2n) is 9.24. The standard InChI is InChI=1S/C24H29ClN2O5S/c1-3-12-26(16-8-6-15(25)7-9-16)21(30)19-24-11-10-23(2,33-24)18(22(31)32)17(24)20(29)27(19)13-4-5-14-28/h3,6-9,17-19,28H,1,4-5,10-14H2,2H3,(H,31,32)/t17-,18-,19?,23+,24?/m0/s1. The van der Waals surface area contributed by atoms with Crippen LogP contribution >= 0.6 is 23.4 Å². The summed E-state index contributed by atoms with van der Waals surface area (Å²) in [5.41, 5.74) is 0.644. The van der Waals surface area contributed by atoms with E-state index in [0.29, 0.717) is 42.9 Å². The van der Waals surface area contributed by atoms with E-state index in [9.17, 15) is 24.6 Å². The van der Waals surface area contributed by atoms with Gasteiger partial charge in [-0.3, -0.25) is 14.4 Å². The summed E-state index contributed by atoms with van der Waals surface area (Å²) in [4.78, 5) is 43.3. The molecular formula is C24H29ClN2O5S. The lowest BCUT2D eigenvalue weighted by molar-refractivity contribution is -0.150. The summed E-state index contributed by atoms with van der Waals surface area (Å²) in [5, 5.41) is 19.8. The number of hydrogen-bond acceptors (Lipinski definition) is 5. The van der Waals surface area contributed by atoms with Gasteiger partial charge in [0, 0.05) is 35.2 Å². The van der Waals surface area contributed by atoms with Crippen molar-refractivity contribution in [1.29, 1.82) is 0 Å². The lowest BCUT2D eigenvalue weighted by atomic mass is 9.66. The molecule has 7 nitrogen and oxygen atoms in total. The Hall–Kier alpha value is -2.03. The number of aliphatic hydroxyl groups excluding tert-OH is 1. The summed E-state index contributed by atoms with van der Waals surface area (Å²) in [7, 11) is 0. The molecular weight excluding hydrogens is 464 g/mol. The van der Waals surface area contributed by atoms with E-state index in [4.69, 9.17) is 11.6 Å². The summed E-state index contributed by atoms with van der Waals surface area (Å²) >= 11 is 7.56. The summed E-state index contributed by atoms with van der Waals surface area (Å²) in [5.74, 6) is -3.04. The van der Waals surface area contributed by atoms with Gasteiger partial charge in [0.25, 0.3) is 5.91 Å². The average Bonchev–Trinajstić information content (AvgIpc) is 3.34. The van der Waals surface area contributed by atoms with Gasteiger partial charge in [0.1, 0.15) is 6.04 Å². The molecule has 0 aromatic heterocycles. The first-order valence-electron chi connectivity index (χ1n) is 11.2. The predicted molar refractivity (Wildman–Crippen MR) is 128 cm³/mol. The summed E-state index contributed by atoms with van der Waals surface area (Å²) in [6.45, 7) is 6.26. The maximum atomic E-state index is 14.2. The molecule has 2 N–H and O–H groups in total. The minimum Gasteiger partial charge on any atom is -0.481 e. The lowest BCUT2D eigenvalue weighted by Crippen LogP contribution is -2.55. The number of carbonyl (C=O) groups is 3. The number of aliphatic hydroxyl groups is 1. The number of carboxylic acid groups (broad SMARTS) is 1. The number of rotatable bonds is 9. The van der Waals surface area contributed by atoms with Crippen molar-refractivity contribution in [2.24, 2.45) is 11.8 Å². The van der Waals surface area contributed by atoms with Crippen LogP contribution in [-0.4, -0.2) is 68.1 Å². The van der Waals surface area contributed by atoms with Crippen molar-refractivity contribution >= 4 is 46.8 Å². The Balaban J connectivity index is 1.77. The minimum absolute atomic E-state index is 0.00679. The van der Waals surface area contributed by atoms with Crippen LogP contribution in [0.2, 0.25) is 5.02 Å². The molecule has 1 aromatic rings. The van der Waals surface area contributed by atoms with E-state index in [2.05, 4.69) is 6.58 Å². The van der Waals surface area contributed by atoms with Crippen LogP contribution < -0.4 is 4.90 Å². The molecule has 3 heterocycles. The van der Waals surface area contributed by atoms with Gasteiger partial charge < -0.3 is 20.0 Å². The fourth-order valence-electron chi connectivity index (χ4n) is 5.94. The number of likely N-dealkylation sites (tertiary alicyclic amines) is 1. The Morgan fingerprint density at radius 1 is 1.30 bits per heavy atom. The highest BCUT2D eigenvalue weighted by Crippen LogP contribution is 2.71. The number of unbranched alkanes of at least 4 members (excludes halogenated alkanes) is 1. The van der Waals surface area contributed by atoms with E-state index in [-0.39, 0.29) is 25.0 Å². The van der Waals surface area contributed by atoms with Gasteiger partial charge in [-0.1, -0.05) is 17.7 Å². The van der Waals surface area contributed by atoms with E-state index >= 15 is 0 Å². The smallest absolute Gasteiger partial charge is 0.308 e. The highest BCUT2D eigenvalue weighted by atomic mass is 35.5. The first-order chi connectivity index (χ1) is 15.7. The van der Waals surface area contributed by atoms with Gasteiger partial charge >= 0.3 is 5.97 Å². The molecule has 4 rings (SSSR count). The number of thioether (sulfide) groups is 1. The number of aliphatic carboxylic acids is 1. The third-order valence-corrected chi connectivity index (χ3v) is 9.54. The average molecular weight is 493 g/mol. The SMILES string of the molecule is C=CCN(C(=O)C1N(CCCCO)C(=O)[C@@H]2[C@@H](C(=O)O)[C@@]3(C)CCC12S3)c1ccc(Cl)cc1. The molecule has 2 bridgehead atoms. The third kappa shape index (κ3) is 3.76. The van der Waals surface area contributed by atoms with Crippen molar-refractivity contribution < 1.29 is 24.6 Å². The molecule has 3 aliphatic rings. The number of nitrogens with zero attached hydrogens (tertiary/aromatic N) is 2. The van der Waals surface area contributed by atoms with Gasteiger partial charge in [0.15, 0.2) is 0 Å². The van der Waals surface area contributed by atoms with Gasteiger partial charge in [-0.15, -0.1) is 18.3 Å². The molecule has 3 aliphatic heterocycles. The number of carboxylic acids is 1. The molecule has 3 saturated heterocycles. The van der Waals surface area contributed by atoms with Crippen molar-refractivity contribution in [3.05, 3.63) is 41.9 Å². The quantitative estimate of drug-likeness (QED) is 0.406. The number of benzene rings is 1. The van der Waals surface area contributed by atoms with Crippen molar-refractivity contribution in [1.82, 2.24) is 4.90 Å². The van der Waals surface area contributed by atoms with Crippen LogP contribution in [0.15, 0.2) is 36.9 Å². The first-order valence-corrected chi connectivity index (χ1v) is 12.4. The third-order valence-electron chi connectivity index (χ3n) is 7.30. The fraction of sp³-hybridized carbons (Fsp3) is 0.542. The van der Waals surface area contributed by atoms with Crippen molar-refractivity contribution in [3.8, 4) is 0 Å². The maximum Gasteiger partial charge on any atom is 0.308 e. The topological polar surface area (TPSA) is 98.2 Å². The fourth-order valence-corrected chi connectivity index (χ4v) is 8.41. The van der Waals surface area contributed by atoms with E-state index < -0.39 is 33.3 Å². The van der Waals surface area contributed by atoms with Gasteiger partial charge in [-0.05, 0) is 56.9 Å². The van der Waals surface area contributed by atoms with Crippen molar-refractivity contribution in [3.63, 3.8) is 0 Å². The van der Waals surface area contributed by atoms with Crippen LogP contribution in [0.5, 0.6) is 0 Å². The Bertz CT molecular complexity index is 972. The molecule has 1 spiro atoms. The molecule has 33 heavy (non-hydrogen) atoms. The molecule has 0 radical (unpaired) electrons. The molecule has 0 aliphatic carbocycles. The number of hydrogen-bond donors (Lipinski definition) is 2. The highest BCUT2D eigenvalue weighted by molar-refractivity contribution is 8.02. The summed E-state index contributed by atoms with van der Waals surface area (Å²) < 4.78 is -1.36. The summed E-state index contributed by atoms with van der Waals surface area (Å²) in [6.07, 6.45) is 3.94. The van der Waals surface area contributed by atoms with E-state index in [1.54, 1.807) is 40.1 Å². The van der Waals surface area contributed by atoms with Crippen LogP contribution in [0.1, 0.15) is 32.6 Å². The van der Waals surface area contributed by atoms with Crippen LogP contribution in [0.4, 0.5) is 5.69 Å². The molecule has 2 unspecified atom stereocenters. The molecule has 5 atom stereocenters. The predicted octanol–water partition coefficient (Wildman–Crippen LogP) is 3.20. The van der Waals surface area contributed by atoms with Gasteiger partial charge in [0.05, 0.1) is 16.6 Å². The lowest BCUT2D eigenvalue weighted by Gasteiger charge is -2.37. The Morgan fingerprint density at radius 2 is 2.00 bits per heavy atom. The first kappa shape index (κ1) is 24.1. The molecule has 3 fully saturated rings. The zero-order valence-electron chi connectivity index (χ0n) is 18.6. The second kappa shape index (κ2) is 8.96. The maximum absolute atomic E-state index is 14.2. The number of anilines is 1. The Kier molecular flexibility index (Phi) is 6.55. The van der Waals surface area contributed by atoms with E-state index in [0.717, 1.165) is 0 Å². The van der Waals surface area contributed by atoms with Crippen LogP contribution in [-0.2, 0) is 14.4 Å². The number of amides is 2. The largest absolute Gasteiger partial charge is 0.481 e. The minimum atomic E-state index is -0.978. The number of fused-ring (bicyclic) bond motifs is 1. The van der Waals surface area contributed by atoms with Crippen molar-refractivity contribution in [2.75, 3.05) is 24.6 Å². The normalized spacial score (nSPS) is 32.2. The Morgan fingerprint density at radius 3 is 2.61 bits per heavy atom. The summed E-state index contributed by atoms with van der Waals surface area (Å²) in [6, 6.07) is 6.15. The van der Waals surface area contributed by atoms with Crippen LogP contribution in [0.3, 0.4) is 0 Å². The number of halogens is 1. The van der Waals surface area contributed by atoms with Crippen LogP contribution in [0, 0.1) is 11.8 Å². The number of carbonyl (C=O) groups excluding carboxylic acids is 2. The van der Waals surface area contributed by atoms with Gasteiger partial charge in [0.2, 0.25) is 5.91 Å². The molecule has 9 heteroatoms. The van der Waals surface area contributed by atoms with Crippen LogP contribution in [0.25, 0.3) is 0 Å².